The molecule has 3 heterocycles. The molecule has 116 valence electrons. The summed E-state index contributed by atoms with van der Waals surface area (Å²) in [5.74, 6) is 0.617. The molecule has 0 aromatic carbocycles. The highest BCUT2D eigenvalue weighted by atomic mass is 35.5. The molecular formula is C15H17ClN4OS. The summed E-state index contributed by atoms with van der Waals surface area (Å²) in [5.41, 5.74) is 7.71. The van der Waals surface area contributed by atoms with Crippen LogP contribution in [0.3, 0.4) is 0 Å². The Morgan fingerprint density at radius 3 is 2.86 bits per heavy atom. The van der Waals surface area contributed by atoms with Gasteiger partial charge in [0.15, 0.2) is 0 Å². The number of halogens is 1. The lowest BCUT2D eigenvalue weighted by Crippen LogP contribution is -2.27. The molecule has 1 atom stereocenters. The van der Waals surface area contributed by atoms with Gasteiger partial charge in [0, 0.05) is 30.6 Å². The minimum atomic E-state index is -0.279. The van der Waals surface area contributed by atoms with Crippen LogP contribution in [0.2, 0.25) is 0 Å². The fourth-order valence-electron chi connectivity index (χ4n) is 2.14. The maximum Gasteiger partial charge on any atom is 0.234 e. The fourth-order valence-corrected chi connectivity index (χ4v) is 2.83. The molecule has 3 N–H and O–H groups in total. The van der Waals surface area contributed by atoms with Crippen LogP contribution in [0.1, 0.15) is 5.69 Å². The van der Waals surface area contributed by atoms with Crippen LogP contribution in [0.4, 0.5) is 0 Å². The third-order valence-electron chi connectivity index (χ3n) is 3.17. The summed E-state index contributed by atoms with van der Waals surface area (Å²) in [4.78, 5) is 10.1. The Morgan fingerprint density at radius 2 is 2.14 bits per heavy atom. The zero-order chi connectivity index (χ0) is 14.7. The Hall–Kier alpha value is -1.73. The average Bonchev–Trinajstić information content (AvgIpc) is 3.18. The molecule has 0 spiro atoms. The fraction of sp³-hybridized carbons (Fsp3) is 0.200. The van der Waals surface area contributed by atoms with Crippen LogP contribution in [0.15, 0.2) is 48.1 Å². The van der Waals surface area contributed by atoms with Crippen molar-refractivity contribution in [1.82, 2.24) is 14.5 Å². The Labute approximate surface area is 138 Å². The number of hydrogen-bond acceptors (Lipinski definition) is 5. The molecule has 0 fully saturated rings. The van der Waals surface area contributed by atoms with Gasteiger partial charge in [0.25, 0.3) is 0 Å². The monoisotopic (exact) mass is 336 g/mol. The summed E-state index contributed by atoms with van der Waals surface area (Å²) in [6.07, 6.45) is 4.25. The van der Waals surface area contributed by atoms with E-state index < -0.39 is 0 Å². The second-order valence-electron chi connectivity index (χ2n) is 4.74. The summed E-state index contributed by atoms with van der Waals surface area (Å²) in [6, 6.07) is 9.56. The van der Waals surface area contributed by atoms with Crippen molar-refractivity contribution in [2.45, 2.75) is 12.5 Å². The molecule has 0 saturated carbocycles. The van der Waals surface area contributed by atoms with Crippen molar-refractivity contribution in [3.8, 4) is 16.5 Å². The second kappa shape index (κ2) is 7.51. The minimum Gasteiger partial charge on any atom is -0.395 e. The van der Waals surface area contributed by atoms with Gasteiger partial charge in [-0.1, -0.05) is 6.07 Å². The van der Waals surface area contributed by atoms with E-state index in [1.165, 1.54) is 0 Å². The lowest BCUT2D eigenvalue weighted by atomic mass is 10.2. The quantitative estimate of drug-likeness (QED) is 0.749. The molecule has 3 aromatic rings. The highest BCUT2D eigenvalue weighted by Gasteiger charge is 2.11. The molecule has 1 unspecified atom stereocenters. The molecule has 5 nitrogen and oxygen atoms in total. The predicted octanol–water partition coefficient (Wildman–Crippen LogP) is 2.28. The Morgan fingerprint density at radius 1 is 1.27 bits per heavy atom. The second-order valence-corrected chi connectivity index (χ2v) is 5.68. The standard InChI is InChI=1S/C15H16N4OS.ClH/c16-11(10-20)9-12-3-1-7-19(12)15-17-6-5-13(18-15)14-4-2-8-21-14;/h1-8,11,20H,9-10,16H2;1H. The molecule has 3 rings (SSSR count). The summed E-state index contributed by atoms with van der Waals surface area (Å²) in [7, 11) is 0. The van der Waals surface area contributed by atoms with Gasteiger partial charge in [-0.15, -0.1) is 23.7 Å². The van der Waals surface area contributed by atoms with Crippen molar-refractivity contribution in [2.75, 3.05) is 6.61 Å². The third kappa shape index (κ3) is 3.53. The number of nitrogens with two attached hydrogens (primary N) is 1. The van der Waals surface area contributed by atoms with Crippen LogP contribution in [-0.2, 0) is 6.42 Å². The van der Waals surface area contributed by atoms with Crippen molar-refractivity contribution in [3.63, 3.8) is 0 Å². The molecule has 0 radical (unpaired) electrons. The molecule has 7 heteroatoms. The highest BCUT2D eigenvalue weighted by molar-refractivity contribution is 7.13. The predicted molar refractivity (Wildman–Crippen MR) is 90.7 cm³/mol. The number of nitrogens with zero attached hydrogens (tertiary/aromatic N) is 3. The van der Waals surface area contributed by atoms with Crippen molar-refractivity contribution in [1.29, 1.82) is 0 Å². The van der Waals surface area contributed by atoms with Crippen molar-refractivity contribution in [2.24, 2.45) is 5.73 Å². The number of aromatic nitrogens is 3. The minimum absolute atomic E-state index is 0. The number of hydrogen-bond donors (Lipinski definition) is 2. The zero-order valence-corrected chi connectivity index (χ0v) is 13.4. The zero-order valence-electron chi connectivity index (χ0n) is 11.8. The van der Waals surface area contributed by atoms with Gasteiger partial charge in [-0.2, -0.15) is 0 Å². The van der Waals surface area contributed by atoms with E-state index in [1.807, 2.05) is 46.5 Å². The normalized spacial score (nSPS) is 11.9. The van der Waals surface area contributed by atoms with Gasteiger partial charge in [-0.25, -0.2) is 9.97 Å². The molecule has 0 saturated heterocycles. The van der Waals surface area contributed by atoms with E-state index >= 15 is 0 Å². The Bertz CT molecular complexity index is 714. The van der Waals surface area contributed by atoms with Crippen LogP contribution in [-0.4, -0.2) is 32.3 Å². The van der Waals surface area contributed by atoms with Gasteiger partial charge in [0.1, 0.15) is 0 Å². The molecule has 3 aromatic heterocycles. The molecule has 0 aliphatic carbocycles. The van der Waals surface area contributed by atoms with Crippen LogP contribution < -0.4 is 5.73 Å². The van der Waals surface area contributed by atoms with Crippen molar-refractivity contribution >= 4 is 23.7 Å². The van der Waals surface area contributed by atoms with Crippen LogP contribution >= 0.6 is 23.7 Å². The molecular weight excluding hydrogens is 320 g/mol. The molecule has 22 heavy (non-hydrogen) atoms. The largest absolute Gasteiger partial charge is 0.395 e. The summed E-state index contributed by atoms with van der Waals surface area (Å²) in [6.45, 7) is -0.0404. The molecule has 0 bridgehead atoms. The lowest BCUT2D eigenvalue weighted by molar-refractivity contribution is 0.264. The number of aliphatic hydroxyl groups excluding tert-OH is 1. The number of thiophene rings is 1. The van der Waals surface area contributed by atoms with E-state index in [9.17, 15) is 0 Å². The van der Waals surface area contributed by atoms with Gasteiger partial charge in [0.05, 0.1) is 17.2 Å². The van der Waals surface area contributed by atoms with E-state index in [0.717, 1.165) is 16.3 Å². The van der Waals surface area contributed by atoms with Gasteiger partial charge in [0.2, 0.25) is 5.95 Å². The van der Waals surface area contributed by atoms with E-state index in [4.69, 9.17) is 10.8 Å². The Kier molecular flexibility index (Phi) is 5.68. The van der Waals surface area contributed by atoms with Crippen molar-refractivity contribution in [3.05, 3.63) is 53.8 Å². The first kappa shape index (κ1) is 16.6. The first-order valence-electron chi connectivity index (χ1n) is 6.68. The van der Waals surface area contributed by atoms with Crippen LogP contribution in [0.5, 0.6) is 0 Å². The van der Waals surface area contributed by atoms with Crippen LogP contribution in [0, 0.1) is 0 Å². The van der Waals surface area contributed by atoms with E-state index in [2.05, 4.69) is 9.97 Å². The van der Waals surface area contributed by atoms with Gasteiger partial charge in [-0.3, -0.25) is 4.57 Å². The lowest BCUT2D eigenvalue weighted by Gasteiger charge is -2.11. The maximum atomic E-state index is 9.10. The highest BCUT2D eigenvalue weighted by Crippen LogP contribution is 2.23. The first-order valence-corrected chi connectivity index (χ1v) is 7.56. The maximum absolute atomic E-state index is 9.10. The van der Waals surface area contributed by atoms with E-state index in [1.54, 1.807) is 17.5 Å². The van der Waals surface area contributed by atoms with E-state index in [0.29, 0.717) is 12.4 Å². The summed E-state index contributed by atoms with van der Waals surface area (Å²) >= 11 is 1.65. The van der Waals surface area contributed by atoms with Gasteiger partial charge < -0.3 is 10.8 Å². The third-order valence-corrected chi connectivity index (χ3v) is 4.06. The smallest absolute Gasteiger partial charge is 0.234 e. The van der Waals surface area contributed by atoms with Gasteiger partial charge >= 0.3 is 0 Å². The summed E-state index contributed by atoms with van der Waals surface area (Å²) < 4.78 is 1.91. The van der Waals surface area contributed by atoms with E-state index in [-0.39, 0.29) is 25.1 Å². The molecule has 0 aliphatic rings. The number of rotatable bonds is 5. The van der Waals surface area contributed by atoms with Gasteiger partial charge in [-0.05, 0) is 29.6 Å². The average molecular weight is 337 g/mol. The SMILES string of the molecule is Cl.NC(CO)Cc1cccn1-c1nccc(-c2cccs2)n1. The summed E-state index contributed by atoms with van der Waals surface area (Å²) in [5, 5.41) is 11.1. The topological polar surface area (TPSA) is 77.0 Å². The number of aliphatic hydroxyl groups is 1. The van der Waals surface area contributed by atoms with Crippen molar-refractivity contribution < 1.29 is 5.11 Å². The molecule has 0 aliphatic heterocycles. The first-order chi connectivity index (χ1) is 10.3. The Balaban J connectivity index is 0.00000176. The van der Waals surface area contributed by atoms with Crippen LogP contribution in [0.25, 0.3) is 16.5 Å². The molecule has 0 amide bonds.